The highest BCUT2D eigenvalue weighted by atomic mass is 16.3. The molecule has 112 valence electrons. The Kier molecular flexibility index (Phi) is 5.34. The normalized spacial score (nSPS) is 10.6. The van der Waals surface area contributed by atoms with Gasteiger partial charge in [-0.3, -0.25) is 4.79 Å². The molecular formula is C15H20N4O2. The Morgan fingerprint density at radius 1 is 1.33 bits per heavy atom. The van der Waals surface area contributed by atoms with Gasteiger partial charge in [-0.1, -0.05) is 0 Å². The summed E-state index contributed by atoms with van der Waals surface area (Å²) in [6.45, 7) is 2.10. The van der Waals surface area contributed by atoms with Crippen molar-refractivity contribution in [2.24, 2.45) is 0 Å². The number of hydrogen-bond acceptors (Lipinski definition) is 5. The lowest BCUT2D eigenvalue weighted by Gasteiger charge is -2.11. The minimum atomic E-state index is -0.168. The van der Waals surface area contributed by atoms with Gasteiger partial charge in [0.15, 0.2) is 0 Å². The Morgan fingerprint density at radius 3 is 2.81 bits per heavy atom. The molecule has 0 radical (unpaired) electrons. The molecule has 6 nitrogen and oxygen atoms in total. The van der Waals surface area contributed by atoms with Gasteiger partial charge in [0.25, 0.3) is 5.91 Å². The van der Waals surface area contributed by atoms with E-state index < -0.39 is 0 Å². The summed E-state index contributed by atoms with van der Waals surface area (Å²) in [5.74, 6) is 1.32. The van der Waals surface area contributed by atoms with E-state index in [0.717, 1.165) is 24.7 Å². The summed E-state index contributed by atoms with van der Waals surface area (Å²) in [5.41, 5.74) is 0.528. The largest absolute Gasteiger partial charge is 0.467 e. The molecule has 0 aliphatic rings. The number of pyridine rings is 1. The summed E-state index contributed by atoms with van der Waals surface area (Å²) >= 11 is 0. The zero-order valence-electron chi connectivity index (χ0n) is 12.3. The lowest BCUT2D eigenvalue weighted by molar-refractivity contribution is 0.0947. The van der Waals surface area contributed by atoms with Crippen LogP contribution in [0.5, 0.6) is 0 Å². The van der Waals surface area contributed by atoms with Crippen LogP contribution in [-0.2, 0) is 6.54 Å². The van der Waals surface area contributed by atoms with Crippen LogP contribution in [0.1, 0.15) is 16.1 Å². The van der Waals surface area contributed by atoms with E-state index >= 15 is 0 Å². The number of likely N-dealkylation sites (N-methyl/N-ethyl adjacent to an activating group) is 1. The second-order valence-corrected chi connectivity index (χ2v) is 4.92. The van der Waals surface area contributed by atoms with Crippen LogP contribution in [-0.4, -0.2) is 43.0 Å². The van der Waals surface area contributed by atoms with E-state index in [2.05, 4.69) is 20.5 Å². The Hall–Kier alpha value is -2.34. The molecule has 0 aliphatic heterocycles. The molecule has 2 aromatic heterocycles. The molecule has 0 fully saturated rings. The number of nitrogens with zero attached hydrogens (tertiary/aromatic N) is 2. The summed E-state index contributed by atoms with van der Waals surface area (Å²) in [7, 11) is 4.03. The van der Waals surface area contributed by atoms with Crippen molar-refractivity contribution in [1.29, 1.82) is 0 Å². The van der Waals surface area contributed by atoms with Crippen molar-refractivity contribution < 1.29 is 9.21 Å². The van der Waals surface area contributed by atoms with E-state index in [9.17, 15) is 4.79 Å². The fraction of sp³-hybridized carbons (Fsp3) is 0.333. The van der Waals surface area contributed by atoms with Crippen LogP contribution in [0.4, 0.5) is 5.82 Å². The summed E-state index contributed by atoms with van der Waals surface area (Å²) in [6.07, 6.45) is 3.15. The van der Waals surface area contributed by atoms with Crippen molar-refractivity contribution in [3.63, 3.8) is 0 Å². The van der Waals surface area contributed by atoms with Crippen molar-refractivity contribution in [1.82, 2.24) is 15.2 Å². The van der Waals surface area contributed by atoms with Crippen molar-refractivity contribution in [2.45, 2.75) is 6.54 Å². The standard InChI is InChI=1S/C15H20N4O2/c1-19(2)8-7-16-14-6-5-12(10-17-14)15(20)18-11-13-4-3-9-21-13/h3-6,9-10H,7-8,11H2,1-2H3,(H,16,17)(H,18,20). The lowest BCUT2D eigenvalue weighted by atomic mass is 10.2. The number of rotatable bonds is 7. The van der Waals surface area contributed by atoms with Gasteiger partial charge in [0, 0.05) is 19.3 Å². The van der Waals surface area contributed by atoms with E-state index in [4.69, 9.17) is 4.42 Å². The molecule has 21 heavy (non-hydrogen) atoms. The molecule has 0 atom stereocenters. The smallest absolute Gasteiger partial charge is 0.253 e. The SMILES string of the molecule is CN(C)CCNc1ccc(C(=O)NCc2ccco2)cn1. The molecule has 0 spiro atoms. The van der Waals surface area contributed by atoms with Gasteiger partial charge in [-0.15, -0.1) is 0 Å². The van der Waals surface area contributed by atoms with Crippen LogP contribution in [0, 0.1) is 0 Å². The Balaban J connectivity index is 1.82. The molecule has 2 N–H and O–H groups in total. The Bertz CT molecular complexity index is 550. The van der Waals surface area contributed by atoms with Crippen LogP contribution in [0.3, 0.4) is 0 Å². The number of hydrogen-bond donors (Lipinski definition) is 2. The van der Waals surface area contributed by atoms with Gasteiger partial charge in [0.1, 0.15) is 11.6 Å². The Morgan fingerprint density at radius 2 is 2.19 bits per heavy atom. The first-order valence-corrected chi connectivity index (χ1v) is 6.80. The van der Waals surface area contributed by atoms with Crippen molar-refractivity contribution in [3.8, 4) is 0 Å². The monoisotopic (exact) mass is 288 g/mol. The fourth-order valence-electron chi connectivity index (χ4n) is 1.72. The lowest BCUT2D eigenvalue weighted by Crippen LogP contribution is -2.23. The third-order valence-electron chi connectivity index (χ3n) is 2.89. The van der Waals surface area contributed by atoms with Gasteiger partial charge >= 0.3 is 0 Å². The zero-order chi connectivity index (χ0) is 15.1. The highest BCUT2D eigenvalue weighted by molar-refractivity contribution is 5.93. The predicted octanol–water partition coefficient (Wildman–Crippen LogP) is 1.58. The average Bonchev–Trinajstić information content (AvgIpc) is 2.98. The highest BCUT2D eigenvalue weighted by Gasteiger charge is 2.06. The molecule has 0 saturated carbocycles. The zero-order valence-corrected chi connectivity index (χ0v) is 12.3. The number of nitrogens with one attached hydrogen (secondary N) is 2. The maximum absolute atomic E-state index is 11.9. The molecule has 6 heteroatoms. The second-order valence-electron chi connectivity index (χ2n) is 4.92. The average molecular weight is 288 g/mol. The quantitative estimate of drug-likeness (QED) is 0.809. The molecule has 0 aliphatic carbocycles. The molecule has 0 unspecified atom stereocenters. The van der Waals surface area contributed by atoms with Gasteiger partial charge in [0.2, 0.25) is 0 Å². The van der Waals surface area contributed by atoms with E-state index in [-0.39, 0.29) is 5.91 Å². The third-order valence-corrected chi connectivity index (χ3v) is 2.89. The first-order chi connectivity index (χ1) is 10.1. The number of anilines is 1. The van der Waals surface area contributed by atoms with Gasteiger partial charge in [-0.05, 0) is 38.4 Å². The molecule has 2 aromatic rings. The molecule has 2 heterocycles. The summed E-state index contributed by atoms with van der Waals surface area (Å²) in [6, 6.07) is 7.16. The maximum Gasteiger partial charge on any atom is 0.253 e. The van der Waals surface area contributed by atoms with E-state index in [0.29, 0.717) is 12.1 Å². The fourth-order valence-corrected chi connectivity index (χ4v) is 1.72. The number of carbonyl (C=O) groups excluding carboxylic acids is 1. The molecule has 2 rings (SSSR count). The van der Waals surface area contributed by atoms with Crippen LogP contribution in [0.25, 0.3) is 0 Å². The molecule has 0 aromatic carbocycles. The van der Waals surface area contributed by atoms with Crippen molar-refractivity contribution in [2.75, 3.05) is 32.5 Å². The number of amides is 1. The number of furan rings is 1. The van der Waals surface area contributed by atoms with Gasteiger partial charge in [-0.2, -0.15) is 0 Å². The van der Waals surface area contributed by atoms with Gasteiger partial charge in [-0.25, -0.2) is 4.98 Å². The van der Waals surface area contributed by atoms with E-state index in [1.807, 2.05) is 20.2 Å². The minimum Gasteiger partial charge on any atom is -0.467 e. The minimum absolute atomic E-state index is 0.168. The predicted molar refractivity (Wildman–Crippen MR) is 81.2 cm³/mol. The summed E-state index contributed by atoms with van der Waals surface area (Å²) in [4.78, 5) is 18.2. The number of carbonyl (C=O) groups is 1. The molecule has 1 amide bonds. The van der Waals surface area contributed by atoms with E-state index in [1.54, 1.807) is 30.7 Å². The van der Waals surface area contributed by atoms with Crippen LogP contribution in [0.15, 0.2) is 41.1 Å². The summed E-state index contributed by atoms with van der Waals surface area (Å²) in [5, 5.41) is 5.98. The molecule has 0 bridgehead atoms. The topological polar surface area (TPSA) is 70.4 Å². The molecular weight excluding hydrogens is 268 g/mol. The highest BCUT2D eigenvalue weighted by Crippen LogP contribution is 2.06. The van der Waals surface area contributed by atoms with Gasteiger partial charge < -0.3 is 20.0 Å². The van der Waals surface area contributed by atoms with Crippen LogP contribution >= 0.6 is 0 Å². The number of aromatic nitrogens is 1. The second kappa shape index (κ2) is 7.44. The first-order valence-electron chi connectivity index (χ1n) is 6.80. The Labute approximate surface area is 124 Å². The van der Waals surface area contributed by atoms with Gasteiger partial charge in [0.05, 0.1) is 18.4 Å². The van der Waals surface area contributed by atoms with Crippen molar-refractivity contribution in [3.05, 3.63) is 48.0 Å². The van der Waals surface area contributed by atoms with Crippen molar-refractivity contribution >= 4 is 11.7 Å². The maximum atomic E-state index is 11.9. The van der Waals surface area contributed by atoms with Crippen LogP contribution in [0.2, 0.25) is 0 Å². The molecule has 0 saturated heterocycles. The third kappa shape index (κ3) is 4.92. The first kappa shape index (κ1) is 15.1. The summed E-state index contributed by atoms with van der Waals surface area (Å²) < 4.78 is 5.16. The van der Waals surface area contributed by atoms with E-state index in [1.165, 1.54) is 0 Å². The van der Waals surface area contributed by atoms with Crippen LogP contribution < -0.4 is 10.6 Å².